The molecule has 0 saturated carbocycles. The molecule has 2 rings (SSSR count). The van der Waals surface area contributed by atoms with Crippen molar-refractivity contribution in [3.63, 3.8) is 0 Å². The van der Waals surface area contributed by atoms with E-state index in [1.165, 1.54) is 25.8 Å². The zero-order valence-electron chi connectivity index (χ0n) is 9.76. The van der Waals surface area contributed by atoms with Gasteiger partial charge in [0.25, 0.3) is 0 Å². The van der Waals surface area contributed by atoms with Crippen molar-refractivity contribution >= 4 is 0 Å². The lowest BCUT2D eigenvalue weighted by molar-refractivity contribution is 0.367. The Morgan fingerprint density at radius 1 is 1.17 bits per heavy atom. The van der Waals surface area contributed by atoms with Gasteiger partial charge in [0.1, 0.15) is 11.6 Å². The van der Waals surface area contributed by atoms with E-state index in [9.17, 15) is 9.50 Å². The summed E-state index contributed by atoms with van der Waals surface area (Å²) in [6.45, 7) is 1.29. The summed E-state index contributed by atoms with van der Waals surface area (Å²) in [5.41, 5.74) is 0.341. The first-order valence-electron chi connectivity index (χ1n) is 5.32. The molecule has 0 unspecified atom stereocenters. The van der Waals surface area contributed by atoms with E-state index in [2.05, 4.69) is 0 Å². The molecular formula is C14H12FO3. The van der Waals surface area contributed by atoms with E-state index in [0.29, 0.717) is 17.1 Å². The van der Waals surface area contributed by atoms with Crippen LogP contribution in [0, 0.1) is 12.4 Å². The minimum absolute atomic E-state index is 0.0306. The Morgan fingerprint density at radius 3 is 2.61 bits per heavy atom. The van der Waals surface area contributed by atoms with Crippen LogP contribution in [0.1, 0.15) is 5.56 Å². The molecule has 1 N–H and O–H groups in total. The maximum atomic E-state index is 13.3. The molecule has 0 fully saturated rings. The van der Waals surface area contributed by atoms with Crippen molar-refractivity contribution in [3.05, 3.63) is 60.5 Å². The SMILES string of the molecule is COc1ccc(O[CH]c2ccccc2F)cc1O. The second kappa shape index (κ2) is 5.40. The molecule has 0 bridgehead atoms. The predicted molar refractivity (Wildman–Crippen MR) is 65.1 cm³/mol. The van der Waals surface area contributed by atoms with Crippen LogP contribution < -0.4 is 9.47 Å². The molecule has 0 heterocycles. The molecule has 0 aliphatic heterocycles. The molecule has 3 nitrogen and oxygen atoms in total. The Labute approximate surface area is 104 Å². The molecule has 0 amide bonds. The monoisotopic (exact) mass is 247 g/mol. The number of phenols is 1. The summed E-state index contributed by atoms with van der Waals surface area (Å²) in [5.74, 6) is 0.358. The third-order valence-corrected chi connectivity index (χ3v) is 2.38. The summed E-state index contributed by atoms with van der Waals surface area (Å²) in [6, 6.07) is 10.8. The Kier molecular flexibility index (Phi) is 3.67. The number of ether oxygens (including phenoxy) is 2. The smallest absolute Gasteiger partial charge is 0.168 e. The molecule has 18 heavy (non-hydrogen) atoms. The van der Waals surface area contributed by atoms with Crippen LogP contribution in [0.5, 0.6) is 17.2 Å². The van der Waals surface area contributed by atoms with E-state index in [-0.39, 0.29) is 11.6 Å². The molecular weight excluding hydrogens is 235 g/mol. The quantitative estimate of drug-likeness (QED) is 0.902. The number of phenolic OH excluding ortho intramolecular Hbond substituents is 1. The Balaban J connectivity index is 2.07. The molecule has 2 aromatic carbocycles. The molecule has 2 aromatic rings. The van der Waals surface area contributed by atoms with Gasteiger partial charge in [-0.3, -0.25) is 0 Å². The standard InChI is InChI=1S/C14H12FO3/c1-17-14-7-6-11(8-13(14)16)18-9-10-4-2-3-5-12(10)15/h2-9,16H,1H3. The van der Waals surface area contributed by atoms with E-state index >= 15 is 0 Å². The summed E-state index contributed by atoms with van der Waals surface area (Å²) in [6.07, 6.45) is 0. The fraction of sp³-hybridized carbons (Fsp3) is 0.0714. The zero-order valence-corrected chi connectivity index (χ0v) is 9.76. The summed E-state index contributed by atoms with van der Waals surface area (Å²) < 4.78 is 23.5. The van der Waals surface area contributed by atoms with Gasteiger partial charge in [-0.15, -0.1) is 0 Å². The molecule has 1 radical (unpaired) electrons. The van der Waals surface area contributed by atoms with Crippen molar-refractivity contribution in [2.75, 3.05) is 7.11 Å². The van der Waals surface area contributed by atoms with E-state index in [1.807, 2.05) is 0 Å². The first-order chi connectivity index (χ1) is 8.70. The molecule has 0 saturated heterocycles. The normalized spacial score (nSPS) is 10.1. The van der Waals surface area contributed by atoms with Gasteiger partial charge >= 0.3 is 0 Å². The first kappa shape index (κ1) is 12.2. The topological polar surface area (TPSA) is 38.7 Å². The van der Waals surface area contributed by atoms with Gasteiger partial charge in [0, 0.05) is 11.6 Å². The fourth-order valence-electron chi connectivity index (χ4n) is 1.45. The average Bonchev–Trinajstić information content (AvgIpc) is 2.38. The van der Waals surface area contributed by atoms with Crippen LogP contribution in [0.4, 0.5) is 4.39 Å². The summed E-state index contributed by atoms with van der Waals surface area (Å²) in [7, 11) is 1.46. The summed E-state index contributed by atoms with van der Waals surface area (Å²) in [5, 5.41) is 9.55. The number of methoxy groups -OCH3 is 1. The molecule has 0 aliphatic rings. The Hall–Kier alpha value is -2.23. The average molecular weight is 247 g/mol. The number of hydrogen-bond donors (Lipinski definition) is 1. The third-order valence-electron chi connectivity index (χ3n) is 2.38. The zero-order chi connectivity index (χ0) is 13.0. The van der Waals surface area contributed by atoms with Crippen molar-refractivity contribution in [1.29, 1.82) is 0 Å². The highest BCUT2D eigenvalue weighted by atomic mass is 19.1. The predicted octanol–water partition coefficient (Wildman–Crippen LogP) is 3.13. The third kappa shape index (κ3) is 2.71. The highest BCUT2D eigenvalue weighted by Crippen LogP contribution is 2.30. The van der Waals surface area contributed by atoms with Crippen LogP contribution in [0.25, 0.3) is 0 Å². The van der Waals surface area contributed by atoms with Crippen molar-refractivity contribution in [3.8, 4) is 17.2 Å². The second-order valence-electron chi connectivity index (χ2n) is 3.59. The van der Waals surface area contributed by atoms with Crippen molar-refractivity contribution < 1.29 is 19.0 Å². The van der Waals surface area contributed by atoms with Crippen molar-refractivity contribution in [2.24, 2.45) is 0 Å². The number of benzene rings is 2. The van der Waals surface area contributed by atoms with E-state index < -0.39 is 0 Å². The van der Waals surface area contributed by atoms with Crippen molar-refractivity contribution in [1.82, 2.24) is 0 Å². The van der Waals surface area contributed by atoms with Gasteiger partial charge in [0.2, 0.25) is 0 Å². The van der Waals surface area contributed by atoms with Crippen LogP contribution in [0.2, 0.25) is 0 Å². The number of aromatic hydroxyl groups is 1. The fourth-order valence-corrected chi connectivity index (χ4v) is 1.45. The van der Waals surface area contributed by atoms with Gasteiger partial charge in [0.05, 0.1) is 7.11 Å². The lowest BCUT2D eigenvalue weighted by atomic mass is 10.2. The van der Waals surface area contributed by atoms with Crippen LogP contribution in [0.15, 0.2) is 42.5 Å². The number of halogens is 1. The number of rotatable bonds is 4. The maximum absolute atomic E-state index is 13.3. The molecule has 0 spiro atoms. The second-order valence-corrected chi connectivity index (χ2v) is 3.59. The highest BCUT2D eigenvalue weighted by molar-refractivity contribution is 5.44. The Bertz CT molecular complexity index is 540. The summed E-state index contributed by atoms with van der Waals surface area (Å²) >= 11 is 0. The summed E-state index contributed by atoms with van der Waals surface area (Å²) in [4.78, 5) is 0. The van der Waals surface area contributed by atoms with Crippen LogP contribution in [0.3, 0.4) is 0 Å². The molecule has 93 valence electrons. The van der Waals surface area contributed by atoms with E-state index in [1.54, 1.807) is 30.3 Å². The minimum atomic E-state index is -0.366. The highest BCUT2D eigenvalue weighted by Gasteiger charge is 2.06. The first-order valence-corrected chi connectivity index (χ1v) is 5.32. The largest absolute Gasteiger partial charge is 0.504 e. The minimum Gasteiger partial charge on any atom is -0.504 e. The number of hydrogen-bond acceptors (Lipinski definition) is 3. The lowest BCUT2D eigenvalue weighted by Crippen LogP contribution is -1.95. The van der Waals surface area contributed by atoms with Gasteiger partial charge in [-0.1, -0.05) is 18.2 Å². The van der Waals surface area contributed by atoms with Crippen LogP contribution in [-0.4, -0.2) is 12.2 Å². The van der Waals surface area contributed by atoms with Gasteiger partial charge in [-0.2, -0.15) is 0 Å². The van der Waals surface area contributed by atoms with Crippen LogP contribution >= 0.6 is 0 Å². The van der Waals surface area contributed by atoms with Gasteiger partial charge in [-0.25, -0.2) is 4.39 Å². The van der Waals surface area contributed by atoms with Crippen molar-refractivity contribution in [2.45, 2.75) is 0 Å². The van der Waals surface area contributed by atoms with Gasteiger partial charge in [-0.05, 0) is 18.2 Å². The van der Waals surface area contributed by atoms with Gasteiger partial charge in [0.15, 0.2) is 18.1 Å². The van der Waals surface area contributed by atoms with E-state index in [0.717, 1.165) is 0 Å². The molecule has 0 aromatic heterocycles. The molecule has 0 aliphatic carbocycles. The van der Waals surface area contributed by atoms with E-state index in [4.69, 9.17) is 9.47 Å². The Morgan fingerprint density at radius 2 is 1.94 bits per heavy atom. The molecule has 4 heteroatoms. The van der Waals surface area contributed by atoms with Crippen LogP contribution in [-0.2, 0) is 0 Å². The molecule has 0 atom stereocenters. The lowest BCUT2D eigenvalue weighted by Gasteiger charge is -2.08. The maximum Gasteiger partial charge on any atom is 0.168 e. The van der Waals surface area contributed by atoms with Gasteiger partial charge < -0.3 is 14.6 Å².